The molecule has 0 aliphatic heterocycles. The van der Waals surface area contributed by atoms with E-state index in [4.69, 9.17) is 4.43 Å². The zero-order chi connectivity index (χ0) is 13.4. The van der Waals surface area contributed by atoms with Crippen molar-refractivity contribution < 1.29 is 9.53 Å². The molecule has 0 aliphatic rings. The zero-order valence-corrected chi connectivity index (χ0v) is 12.9. The molecule has 2 nitrogen and oxygen atoms in total. The Balaban J connectivity index is 2.43. The molecule has 0 aromatic heterocycles. The number of hydrogen-bond acceptors (Lipinski definition) is 2. The molecular weight excluding hydrogens is 240 g/mol. The van der Waals surface area contributed by atoms with Crippen LogP contribution in [0.3, 0.4) is 0 Å². The van der Waals surface area contributed by atoms with Gasteiger partial charge >= 0.3 is 0 Å². The van der Waals surface area contributed by atoms with Crippen molar-refractivity contribution in [2.24, 2.45) is 0 Å². The van der Waals surface area contributed by atoms with E-state index in [1.807, 2.05) is 30.3 Å². The lowest BCUT2D eigenvalue weighted by molar-refractivity contribution is 0.102. The minimum Gasteiger partial charge on any atom is -0.414 e. The van der Waals surface area contributed by atoms with E-state index in [0.717, 1.165) is 18.1 Å². The topological polar surface area (TPSA) is 29.5 Å². The Hall–Kier alpha value is -0.643. The summed E-state index contributed by atoms with van der Waals surface area (Å²) in [6.45, 7) is 7.12. The quantitative estimate of drug-likeness (QED) is 0.728. The number of rotatable bonds is 8. The first-order valence-corrected chi connectivity index (χ1v) is 9.54. The standard InChI is InChI=1S/C15H26O2Si/c1-4-18(5-2,6-3)17-13-15(16)12-14-10-8-7-9-11-14/h7-11,15-16H,4-6,12-13H2,1-3H3/t15-/m1/s1. The van der Waals surface area contributed by atoms with Gasteiger partial charge in [0.2, 0.25) is 0 Å². The van der Waals surface area contributed by atoms with Gasteiger partial charge in [0.15, 0.2) is 8.32 Å². The smallest absolute Gasteiger partial charge is 0.192 e. The maximum atomic E-state index is 10.0. The van der Waals surface area contributed by atoms with Crippen molar-refractivity contribution in [2.75, 3.05) is 6.61 Å². The molecule has 0 saturated heterocycles. The van der Waals surface area contributed by atoms with Crippen LogP contribution in [0.15, 0.2) is 30.3 Å². The lowest BCUT2D eigenvalue weighted by atomic mass is 10.1. The van der Waals surface area contributed by atoms with Gasteiger partial charge in [-0.1, -0.05) is 51.1 Å². The van der Waals surface area contributed by atoms with E-state index < -0.39 is 8.32 Å². The highest BCUT2D eigenvalue weighted by atomic mass is 28.4. The van der Waals surface area contributed by atoms with Gasteiger partial charge in [-0.2, -0.15) is 0 Å². The fourth-order valence-electron chi connectivity index (χ4n) is 2.27. The Morgan fingerprint density at radius 1 is 1.06 bits per heavy atom. The van der Waals surface area contributed by atoms with Crippen molar-refractivity contribution in [3.05, 3.63) is 35.9 Å². The van der Waals surface area contributed by atoms with Gasteiger partial charge in [-0.3, -0.25) is 0 Å². The summed E-state index contributed by atoms with van der Waals surface area (Å²) in [5.41, 5.74) is 1.17. The van der Waals surface area contributed by atoms with Gasteiger partial charge in [0.05, 0.1) is 12.7 Å². The monoisotopic (exact) mass is 266 g/mol. The number of aliphatic hydroxyl groups is 1. The molecule has 1 rings (SSSR count). The molecule has 0 spiro atoms. The molecule has 0 heterocycles. The average molecular weight is 266 g/mol. The summed E-state index contributed by atoms with van der Waals surface area (Å²) in [4.78, 5) is 0. The van der Waals surface area contributed by atoms with Crippen molar-refractivity contribution in [1.82, 2.24) is 0 Å². The van der Waals surface area contributed by atoms with Crippen LogP contribution < -0.4 is 0 Å². The van der Waals surface area contributed by atoms with Crippen LogP contribution in [0.1, 0.15) is 26.3 Å². The zero-order valence-electron chi connectivity index (χ0n) is 11.9. The first-order valence-electron chi connectivity index (χ1n) is 7.01. The highest BCUT2D eigenvalue weighted by Crippen LogP contribution is 2.22. The Labute approximate surface area is 112 Å². The van der Waals surface area contributed by atoms with E-state index >= 15 is 0 Å². The Kier molecular flexibility index (Phi) is 6.61. The van der Waals surface area contributed by atoms with Crippen LogP contribution >= 0.6 is 0 Å². The first-order chi connectivity index (χ1) is 8.65. The van der Waals surface area contributed by atoms with Crippen LogP contribution in [0, 0.1) is 0 Å². The normalized spacial score (nSPS) is 13.6. The third kappa shape index (κ3) is 4.56. The molecule has 18 heavy (non-hydrogen) atoms. The second-order valence-corrected chi connectivity index (χ2v) is 9.67. The van der Waals surface area contributed by atoms with Crippen molar-refractivity contribution >= 4 is 8.32 Å². The lowest BCUT2D eigenvalue weighted by Gasteiger charge is -2.29. The third-order valence-corrected chi connectivity index (χ3v) is 8.47. The van der Waals surface area contributed by atoms with Crippen molar-refractivity contribution in [3.63, 3.8) is 0 Å². The maximum absolute atomic E-state index is 10.0. The molecular formula is C15H26O2Si. The maximum Gasteiger partial charge on any atom is 0.192 e. The van der Waals surface area contributed by atoms with Gasteiger partial charge in [0, 0.05) is 6.42 Å². The molecule has 0 aliphatic carbocycles. The number of benzene rings is 1. The highest BCUT2D eigenvalue weighted by molar-refractivity contribution is 6.73. The molecule has 0 saturated carbocycles. The number of hydrogen-bond donors (Lipinski definition) is 1. The van der Waals surface area contributed by atoms with Crippen molar-refractivity contribution in [1.29, 1.82) is 0 Å². The van der Waals surface area contributed by atoms with E-state index in [-0.39, 0.29) is 6.10 Å². The van der Waals surface area contributed by atoms with E-state index in [9.17, 15) is 5.11 Å². The predicted octanol–water partition coefficient (Wildman–Crippen LogP) is 3.61. The van der Waals surface area contributed by atoms with Crippen LogP contribution in [-0.4, -0.2) is 26.1 Å². The molecule has 1 aromatic carbocycles. The molecule has 102 valence electrons. The van der Waals surface area contributed by atoms with Gasteiger partial charge in [-0.05, 0) is 23.7 Å². The SMILES string of the molecule is CC[Si](CC)(CC)OC[C@H](O)Cc1ccccc1. The van der Waals surface area contributed by atoms with E-state index in [2.05, 4.69) is 20.8 Å². The van der Waals surface area contributed by atoms with E-state index in [0.29, 0.717) is 13.0 Å². The average Bonchev–Trinajstić information content (AvgIpc) is 2.42. The summed E-state index contributed by atoms with van der Waals surface area (Å²) in [5.74, 6) is 0. The van der Waals surface area contributed by atoms with Crippen molar-refractivity contribution in [3.8, 4) is 0 Å². The molecule has 0 bridgehead atoms. The molecule has 3 heteroatoms. The predicted molar refractivity (Wildman–Crippen MR) is 79.3 cm³/mol. The molecule has 1 aromatic rings. The van der Waals surface area contributed by atoms with Gasteiger partial charge < -0.3 is 9.53 Å². The van der Waals surface area contributed by atoms with E-state index in [1.165, 1.54) is 5.56 Å². The molecule has 0 radical (unpaired) electrons. The van der Waals surface area contributed by atoms with Crippen LogP contribution in [0.4, 0.5) is 0 Å². The Bertz CT molecular complexity index is 314. The first kappa shape index (κ1) is 15.4. The molecule has 1 N–H and O–H groups in total. The van der Waals surface area contributed by atoms with Crippen LogP contribution in [0.5, 0.6) is 0 Å². The van der Waals surface area contributed by atoms with Crippen molar-refractivity contribution in [2.45, 2.75) is 51.4 Å². The Morgan fingerprint density at radius 3 is 2.11 bits per heavy atom. The molecule has 1 atom stereocenters. The second kappa shape index (κ2) is 7.72. The summed E-state index contributed by atoms with van der Waals surface area (Å²) < 4.78 is 6.10. The summed E-state index contributed by atoms with van der Waals surface area (Å²) >= 11 is 0. The second-order valence-electron chi connectivity index (χ2n) is 4.90. The Morgan fingerprint density at radius 2 is 1.61 bits per heavy atom. The minimum absolute atomic E-state index is 0.385. The summed E-state index contributed by atoms with van der Waals surface area (Å²) in [6.07, 6.45) is 0.298. The van der Waals surface area contributed by atoms with Gasteiger partial charge in [0.25, 0.3) is 0 Å². The fourth-order valence-corrected chi connectivity index (χ4v) is 4.93. The lowest BCUT2D eigenvalue weighted by Crippen LogP contribution is -2.38. The fraction of sp³-hybridized carbons (Fsp3) is 0.600. The summed E-state index contributed by atoms with van der Waals surface area (Å²) in [6, 6.07) is 13.5. The molecule has 0 unspecified atom stereocenters. The highest BCUT2D eigenvalue weighted by Gasteiger charge is 2.29. The van der Waals surface area contributed by atoms with Gasteiger partial charge in [0.1, 0.15) is 0 Å². The van der Waals surface area contributed by atoms with Crippen LogP contribution in [0.25, 0.3) is 0 Å². The van der Waals surface area contributed by atoms with E-state index in [1.54, 1.807) is 0 Å². The number of aliphatic hydroxyl groups excluding tert-OH is 1. The van der Waals surface area contributed by atoms with Gasteiger partial charge in [-0.25, -0.2) is 0 Å². The minimum atomic E-state index is -1.56. The molecule has 0 fully saturated rings. The van der Waals surface area contributed by atoms with Crippen LogP contribution in [0.2, 0.25) is 18.1 Å². The van der Waals surface area contributed by atoms with Crippen LogP contribution in [-0.2, 0) is 10.8 Å². The third-order valence-electron chi connectivity index (χ3n) is 3.83. The van der Waals surface area contributed by atoms with Gasteiger partial charge in [-0.15, -0.1) is 0 Å². The summed E-state index contributed by atoms with van der Waals surface area (Å²) in [7, 11) is -1.56. The summed E-state index contributed by atoms with van der Waals surface area (Å²) in [5, 5.41) is 10.0. The molecule has 0 amide bonds. The largest absolute Gasteiger partial charge is 0.414 e.